The second-order valence-electron chi connectivity index (χ2n) is 6.04. The number of halogens is 2. The van der Waals surface area contributed by atoms with Crippen LogP contribution in [-0.4, -0.2) is 47.8 Å². The number of piperazine rings is 1. The molecule has 7 heteroatoms. The summed E-state index contributed by atoms with van der Waals surface area (Å²) in [4.78, 5) is 6.88. The average Bonchev–Trinajstić information content (AvgIpc) is 2.52. The number of aliphatic imine (C=N–C) groups is 1. The van der Waals surface area contributed by atoms with Crippen LogP contribution in [0.3, 0.4) is 0 Å². The molecule has 1 atom stereocenters. The molecule has 2 aliphatic heterocycles. The van der Waals surface area contributed by atoms with Crippen molar-refractivity contribution in [3.8, 4) is 0 Å². The number of guanidine groups is 1. The lowest BCUT2D eigenvalue weighted by Gasteiger charge is -2.39. The molecular weight excluding hydrogens is 317 g/mol. The van der Waals surface area contributed by atoms with Gasteiger partial charge < -0.3 is 10.2 Å². The standard InChI is InChI=1S/C16H21ClFN5/c1-10(2)21-23-11(3)12-8-13(17)14(18)9-15(12)20-16(23)22-6-4-19-5-7-22/h8-9,11,19H,4-7H2,1-3H3. The summed E-state index contributed by atoms with van der Waals surface area (Å²) in [6, 6.07) is 3.01. The fourth-order valence-corrected chi connectivity index (χ4v) is 3.05. The van der Waals surface area contributed by atoms with Crippen LogP contribution in [0.15, 0.2) is 22.2 Å². The Morgan fingerprint density at radius 3 is 2.70 bits per heavy atom. The van der Waals surface area contributed by atoms with Gasteiger partial charge in [-0.3, -0.25) is 0 Å². The Kier molecular flexibility index (Phi) is 4.55. The molecule has 23 heavy (non-hydrogen) atoms. The Hall–Kier alpha value is -1.66. The van der Waals surface area contributed by atoms with E-state index >= 15 is 0 Å². The first-order valence-corrected chi connectivity index (χ1v) is 8.19. The van der Waals surface area contributed by atoms with Crippen LogP contribution in [0.4, 0.5) is 10.1 Å². The van der Waals surface area contributed by atoms with E-state index in [0.29, 0.717) is 5.69 Å². The molecule has 1 N–H and O–H groups in total. The molecule has 124 valence electrons. The second kappa shape index (κ2) is 6.45. The molecule has 1 aromatic rings. The zero-order valence-corrected chi connectivity index (χ0v) is 14.4. The summed E-state index contributed by atoms with van der Waals surface area (Å²) in [7, 11) is 0. The highest BCUT2D eigenvalue weighted by molar-refractivity contribution is 6.30. The number of benzene rings is 1. The summed E-state index contributed by atoms with van der Waals surface area (Å²) in [5.74, 6) is 0.332. The highest BCUT2D eigenvalue weighted by atomic mass is 35.5. The van der Waals surface area contributed by atoms with Crippen molar-refractivity contribution in [3.05, 3.63) is 28.5 Å². The number of hydrogen-bond donors (Lipinski definition) is 1. The van der Waals surface area contributed by atoms with Gasteiger partial charge in [-0.05, 0) is 26.8 Å². The minimum Gasteiger partial charge on any atom is -0.338 e. The molecule has 0 amide bonds. The number of hydrogen-bond acceptors (Lipinski definition) is 5. The number of rotatable bonds is 1. The number of nitrogens with zero attached hydrogens (tertiary/aromatic N) is 4. The quantitative estimate of drug-likeness (QED) is 0.801. The van der Waals surface area contributed by atoms with Crippen molar-refractivity contribution in [2.75, 3.05) is 26.2 Å². The van der Waals surface area contributed by atoms with E-state index in [9.17, 15) is 4.39 Å². The second-order valence-corrected chi connectivity index (χ2v) is 6.45. The molecule has 1 unspecified atom stereocenters. The zero-order valence-electron chi connectivity index (χ0n) is 13.6. The summed E-state index contributed by atoms with van der Waals surface area (Å²) < 4.78 is 13.8. The molecule has 0 bridgehead atoms. The first-order chi connectivity index (χ1) is 11.0. The fourth-order valence-electron chi connectivity index (χ4n) is 2.87. The topological polar surface area (TPSA) is 43.2 Å². The molecule has 0 aliphatic carbocycles. The van der Waals surface area contributed by atoms with E-state index in [4.69, 9.17) is 16.6 Å². The maximum Gasteiger partial charge on any atom is 0.223 e. The third-order valence-corrected chi connectivity index (χ3v) is 4.31. The molecular formula is C16H21ClFN5. The molecule has 0 saturated carbocycles. The van der Waals surface area contributed by atoms with Crippen LogP contribution in [0.5, 0.6) is 0 Å². The number of fused-ring (bicyclic) bond motifs is 1. The van der Waals surface area contributed by atoms with Crippen molar-refractivity contribution < 1.29 is 4.39 Å². The van der Waals surface area contributed by atoms with Gasteiger partial charge in [-0.2, -0.15) is 5.10 Å². The van der Waals surface area contributed by atoms with Crippen molar-refractivity contribution in [1.29, 1.82) is 0 Å². The van der Waals surface area contributed by atoms with Gasteiger partial charge in [0.05, 0.1) is 16.8 Å². The lowest BCUT2D eigenvalue weighted by atomic mass is 10.0. The first kappa shape index (κ1) is 16.2. The van der Waals surface area contributed by atoms with Gasteiger partial charge in [-0.25, -0.2) is 14.4 Å². The van der Waals surface area contributed by atoms with Crippen LogP contribution < -0.4 is 5.32 Å². The summed E-state index contributed by atoms with van der Waals surface area (Å²) in [6.07, 6.45) is 0. The van der Waals surface area contributed by atoms with E-state index in [2.05, 4.69) is 15.3 Å². The number of nitrogens with one attached hydrogen (secondary N) is 1. The van der Waals surface area contributed by atoms with Crippen LogP contribution in [0.25, 0.3) is 0 Å². The molecule has 2 heterocycles. The molecule has 1 saturated heterocycles. The largest absolute Gasteiger partial charge is 0.338 e. The van der Waals surface area contributed by atoms with E-state index in [0.717, 1.165) is 43.4 Å². The molecule has 1 fully saturated rings. The van der Waals surface area contributed by atoms with Crippen molar-refractivity contribution in [2.45, 2.75) is 26.8 Å². The van der Waals surface area contributed by atoms with Gasteiger partial charge in [0.1, 0.15) is 5.82 Å². The van der Waals surface area contributed by atoms with E-state index < -0.39 is 5.82 Å². The Morgan fingerprint density at radius 2 is 2.04 bits per heavy atom. The van der Waals surface area contributed by atoms with Gasteiger partial charge in [-0.15, -0.1) is 0 Å². The summed E-state index contributed by atoms with van der Waals surface area (Å²) in [5.41, 5.74) is 2.46. The van der Waals surface area contributed by atoms with E-state index in [-0.39, 0.29) is 11.1 Å². The Balaban J connectivity index is 2.09. The van der Waals surface area contributed by atoms with Crippen LogP contribution in [0.2, 0.25) is 5.02 Å². The van der Waals surface area contributed by atoms with E-state index in [1.165, 1.54) is 6.07 Å². The SMILES string of the molecule is CC(C)=NN1C(N2CCNCC2)=Nc2cc(F)c(Cl)cc2C1C. The Bertz CT molecular complexity index is 663. The average molecular weight is 338 g/mol. The van der Waals surface area contributed by atoms with Gasteiger partial charge in [-0.1, -0.05) is 11.6 Å². The molecule has 2 aliphatic rings. The Morgan fingerprint density at radius 1 is 1.35 bits per heavy atom. The van der Waals surface area contributed by atoms with Crippen LogP contribution in [0.1, 0.15) is 32.4 Å². The number of hydrazone groups is 1. The maximum atomic E-state index is 13.8. The van der Waals surface area contributed by atoms with Crippen molar-refractivity contribution >= 4 is 29.0 Å². The predicted molar refractivity (Wildman–Crippen MR) is 92.0 cm³/mol. The van der Waals surface area contributed by atoms with Gasteiger partial charge in [0.2, 0.25) is 5.96 Å². The van der Waals surface area contributed by atoms with Crippen molar-refractivity contribution in [2.24, 2.45) is 10.1 Å². The molecule has 5 nitrogen and oxygen atoms in total. The summed E-state index contributed by atoms with van der Waals surface area (Å²) in [6.45, 7) is 9.45. The third-order valence-electron chi connectivity index (χ3n) is 4.02. The fraction of sp³-hybridized carbons (Fsp3) is 0.500. The lowest BCUT2D eigenvalue weighted by Crippen LogP contribution is -2.52. The Labute approximate surface area is 140 Å². The van der Waals surface area contributed by atoms with Crippen molar-refractivity contribution in [1.82, 2.24) is 15.2 Å². The van der Waals surface area contributed by atoms with Gasteiger partial charge >= 0.3 is 0 Å². The third kappa shape index (κ3) is 3.19. The molecule has 0 radical (unpaired) electrons. The minimum atomic E-state index is -0.440. The smallest absolute Gasteiger partial charge is 0.223 e. The first-order valence-electron chi connectivity index (χ1n) is 7.81. The van der Waals surface area contributed by atoms with Gasteiger partial charge in [0.15, 0.2) is 0 Å². The van der Waals surface area contributed by atoms with Crippen molar-refractivity contribution in [3.63, 3.8) is 0 Å². The maximum absolute atomic E-state index is 13.8. The normalized spacial score (nSPS) is 20.9. The summed E-state index contributed by atoms with van der Waals surface area (Å²) in [5, 5.41) is 10.0. The van der Waals surface area contributed by atoms with E-state index in [1.807, 2.05) is 25.8 Å². The molecule has 1 aromatic carbocycles. The van der Waals surface area contributed by atoms with Crippen LogP contribution in [0, 0.1) is 5.82 Å². The van der Waals surface area contributed by atoms with Gasteiger partial charge in [0, 0.05) is 43.5 Å². The molecule has 3 rings (SSSR count). The van der Waals surface area contributed by atoms with Crippen LogP contribution in [-0.2, 0) is 0 Å². The van der Waals surface area contributed by atoms with E-state index in [1.54, 1.807) is 6.07 Å². The van der Waals surface area contributed by atoms with Crippen LogP contribution >= 0.6 is 11.6 Å². The lowest BCUT2D eigenvalue weighted by molar-refractivity contribution is 0.258. The zero-order chi connectivity index (χ0) is 16.6. The highest BCUT2D eigenvalue weighted by Crippen LogP contribution is 2.38. The summed E-state index contributed by atoms with van der Waals surface area (Å²) >= 11 is 5.95. The van der Waals surface area contributed by atoms with Gasteiger partial charge in [0.25, 0.3) is 0 Å². The minimum absolute atomic E-state index is 0.0552. The molecule has 0 aromatic heterocycles. The highest BCUT2D eigenvalue weighted by Gasteiger charge is 2.31. The monoisotopic (exact) mass is 337 g/mol. The molecule has 0 spiro atoms. The predicted octanol–water partition coefficient (Wildman–Crippen LogP) is 3.14.